The third-order valence-corrected chi connectivity index (χ3v) is 4.82. The number of amides is 1. The minimum absolute atomic E-state index is 0.0829. The van der Waals surface area contributed by atoms with Crippen LogP contribution in [0.5, 0.6) is 0 Å². The van der Waals surface area contributed by atoms with Gasteiger partial charge in [-0.25, -0.2) is 9.97 Å². The molecule has 0 fully saturated rings. The van der Waals surface area contributed by atoms with E-state index in [0.717, 1.165) is 29.8 Å². The molecule has 2 heterocycles. The molecular weight excluding hydrogens is 336 g/mol. The summed E-state index contributed by atoms with van der Waals surface area (Å²) in [6.07, 6.45) is 1.96. The number of aromatic nitrogens is 2. The number of para-hydroxylation sites is 2. The van der Waals surface area contributed by atoms with Crippen molar-refractivity contribution in [2.45, 2.75) is 26.7 Å². The molecule has 5 heteroatoms. The Balaban J connectivity index is 1.66. The third-order valence-electron chi connectivity index (χ3n) is 4.82. The van der Waals surface area contributed by atoms with E-state index in [-0.39, 0.29) is 5.91 Å². The Morgan fingerprint density at radius 3 is 2.67 bits per heavy atom. The molecule has 0 atom stereocenters. The average Bonchev–Trinajstić information content (AvgIpc) is 2.68. The Kier molecular flexibility index (Phi) is 4.59. The topological polar surface area (TPSA) is 58.1 Å². The van der Waals surface area contributed by atoms with E-state index in [2.05, 4.69) is 21.4 Å². The van der Waals surface area contributed by atoms with Gasteiger partial charge < -0.3 is 10.2 Å². The van der Waals surface area contributed by atoms with Gasteiger partial charge in [0.15, 0.2) is 0 Å². The van der Waals surface area contributed by atoms with Gasteiger partial charge >= 0.3 is 0 Å². The Bertz CT molecular complexity index is 999. The van der Waals surface area contributed by atoms with E-state index < -0.39 is 0 Å². The largest absolute Gasteiger partial charge is 0.340 e. The van der Waals surface area contributed by atoms with Gasteiger partial charge in [-0.15, -0.1) is 0 Å². The number of anilines is 3. The fourth-order valence-corrected chi connectivity index (χ4v) is 3.48. The first-order chi connectivity index (χ1) is 13.1. The molecule has 0 spiro atoms. The molecule has 2 aromatic carbocycles. The van der Waals surface area contributed by atoms with Crippen LogP contribution in [0.15, 0.2) is 54.6 Å². The van der Waals surface area contributed by atoms with Crippen molar-refractivity contribution in [1.82, 2.24) is 9.97 Å². The molecule has 136 valence electrons. The second-order valence-electron chi connectivity index (χ2n) is 6.81. The number of benzene rings is 2. The van der Waals surface area contributed by atoms with E-state index in [4.69, 9.17) is 0 Å². The van der Waals surface area contributed by atoms with Crippen LogP contribution in [0.25, 0.3) is 0 Å². The van der Waals surface area contributed by atoms with Gasteiger partial charge in [0.05, 0.1) is 0 Å². The van der Waals surface area contributed by atoms with Crippen LogP contribution in [0.1, 0.15) is 33.9 Å². The number of rotatable bonds is 3. The van der Waals surface area contributed by atoms with Crippen LogP contribution in [0, 0.1) is 13.8 Å². The van der Waals surface area contributed by atoms with Crippen LogP contribution in [0.4, 0.5) is 17.2 Å². The standard InChI is InChI=1S/C22H22N4O/c1-15-8-3-5-11-18(15)25-21-14-19(23-16(2)24-21)22(27)26-13-7-10-17-9-4-6-12-20(17)26/h3-6,8-9,11-12,14H,7,10,13H2,1-2H3,(H,23,24,25). The molecule has 1 amide bonds. The highest BCUT2D eigenvalue weighted by molar-refractivity contribution is 6.05. The lowest BCUT2D eigenvalue weighted by atomic mass is 10.0. The summed E-state index contributed by atoms with van der Waals surface area (Å²) in [6, 6.07) is 17.8. The van der Waals surface area contributed by atoms with E-state index in [0.29, 0.717) is 23.9 Å². The molecule has 0 saturated heterocycles. The quantitative estimate of drug-likeness (QED) is 0.752. The number of hydrogen-bond donors (Lipinski definition) is 1. The number of nitrogens with zero attached hydrogens (tertiary/aromatic N) is 3. The van der Waals surface area contributed by atoms with Gasteiger partial charge in [-0.3, -0.25) is 4.79 Å². The molecular formula is C22H22N4O. The highest BCUT2D eigenvalue weighted by Crippen LogP contribution is 2.28. The number of aryl methyl sites for hydroxylation is 3. The summed E-state index contributed by atoms with van der Waals surface area (Å²) < 4.78 is 0. The van der Waals surface area contributed by atoms with Crippen molar-refractivity contribution >= 4 is 23.1 Å². The van der Waals surface area contributed by atoms with Crippen molar-refractivity contribution in [3.05, 3.63) is 77.2 Å². The van der Waals surface area contributed by atoms with E-state index >= 15 is 0 Å². The van der Waals surface area contributed by atoms with Gasteiger partial charge in [0, 0.05) is 24.0 Å². The van der Waals surface area contributed by atoms with Crippen LogP contribution in [0.2, 0.25) is 0 Å². The molecule has 4 rings (SSSR count). The molecule has 3 aromatic rings. The lowest BCUT2D eigenvalue weighted by molar-refractivity contribution is 0.0980. The summed E-state index contributed by atoms with van der Waals surface area (Å²) in [5.41, 5.74) is 4.69. The summed E-state index contributed by atoms with van der Waals surface area (Å²) in [5.74, 6) is 1.12. The minimum Gasteiger partial charge on any atom is -0.340 e. The summed E-state index contributed by atoms with van der Waals surface area (Å²) in [6.45, 7) is 4.55. The van der Waals surface area contributed by atoms with Crippen LogP contribution >= 0.6 is 0 Å². The fourth-order valence-electron chi connectivity index (χ4n) is 3.48. The number of carbonyl (C=O) groups is 1. The molecule has 0 bridgehead atoms. The molecule has 1 aliphatic heterocycles. The highest BCUT2D eigenvalue weighted by atomic mass is 16.2. The second-order valence-corrected chi connectivity index (χ2v) is 6.81. The minimum atomic E-state index is -0.0829. The van der Waals surface area contributed by atoms with Crippen molar-refractivity contribution in [2.24, 2.45) is 0 Å². The Morgan fingerprint density at radius 1 is 1.04 bits per heavy atom. The maximum Gasteiger partial charge on any atom is 0.277 e. The smallest absolute Gasteiger partial charge is 0.277 e. The maximum absolute atomic E-state index is 13.2. The lowest BCUT2D eigenvalue weighted by Gasteiger charge is -2.29. The molecule has 1 N–H and O–H groups in total. The predicted octanol–water partition coefficient (Wildman–Crippen LogP) is 4.43. The second kappa shape index (κ2) is 7.19. The summed E-state index contributed by atoms with van der Waals surface area (Å²) in [7, 11) is 0. The van der Waals surface area contributed by atoms with Crippen LogP contribution < -0.4 is 10.2 Å². The zero-order chi connectivity index (χ0) is 18.8. The first kappa shape index (κ1) is 17.2. The van der Waals surface area contributed by atoms with Gasteiger partial charge in [0.2, 0.25) is 0 Å². The Labute approximate surface area is 159 Å². The number of nitrogens with one attached hydrogen (secondary N) is 1. The van der Waals surface area contributed by atoms with Crippen LogP contribution in [-0.2, 0) is 6.42 Å². The Morgan fingerprint density at radius 2 is 1.81 bits per heavy atom. The van der Waals surface area contributed by atoms with Gasteiger partial charge in [-0.2, -0.15) is 0 Å². The van der Waals surface area contributed by atoms with Crippen molar-refractivity contribution in [1.29, 1.82) is 0 Å². The molecule has 5 nitrogen and oxygen atoms in total. The maximum atomic E-state index is 13.2. The zero-order valence-corrected chi connectivity index (χ0v) is 15.6. The third kappa shape index (κ3) is 3.53. The first-order valence-corrected chi connectivity index (χ1v) is 9.20. The monoisotopic (exact) mass is 358 g/mol. The van der Waals surface area contributed by atoms with Crippen molar-refractivity contribution in [3.8, 4) is 0 Å². The van der Waals surface area contributed by atoms with E-state index in [1.165, 1.54) is 5.56 Å². The van der Waals surface area contributed by atoms with E-state index in [1.807, 2.05) is 61.2 Å². The van der Waals surface area contributed by atoms with Gasteiger partial charge in [0.25, 0.3) is 5.91 Å². The molecule has 1 aliphatic rings. The Hall–Kier alpha value is -3.21. The van der Waals surface area contributed by atoms with Gasteiger partial charge in [0.1, 0.15) is 17.3 Å². The van der Waals surface area contributed by atoms with E-state index in [9.17, 15) is 4.79 Å². The number of fused-ring (bicyclic) bond motifs is 1. The van der Waals surface area contributed by atoms with Crippen LogP contribution in [0.3, 0.4) is 0 Å². The van der Waals surface area contributed by atoms with E-state index in [1.54, 1.807) is 6.07 Å². The highest BCUT2D eigenvalue weighted by Gasteiger charge is 2.24. The predicted molar refractivity (Wildman–Crippen MR) is 108 cm³/mol. The SMILES string of the molecule is Cc1nc(Nc2ccccc2C)cc(C(=O)N2CCCc3ccccc32)n1. The summed E-state index contributed by atoms with van der Waals surface area (Å²) in [5, 5.41) is 3.31. The average molecular weight is 358 g/mol. The number of hydrogen-bond acceptors (Lipinski definition) is 4. The summed E-state index contributed by atoms with van der Waals surface area (Å²) in [4.78, 5) is 23.9. The molecule has 0 unspecified atom stereocenters. The molecule has 0 aliphatic carbocycles. The van der Waals surface area contributed by atoms with Gasteiger partial charge in [-0.05, 0) is 49.9 Å². The molecule has 0 radical (unpaired) electrons. The van der Waals surface area contributed by atoms with Crippen LogP contribution in [-0.4, -0.2) is 22.4 Å². The van der Waals surface area contributed by atoms with Crippen molar-refractivity contribution in [3.63, 3.8) is 0 Å². The number of carbonyl (C=O) groups excluding carboxylic acids is 1. The molecule has 27 heavy (non-hydrogen) atoms. The summed E-state index contributed by atoms with van der Waals surface area (Å²) >= 11 is 0. The normalized spacial score (nSPS) is 13.2. The lowest BCUT2D eigenvalue weighted by Crippen LogP contribution is -2.36. The first-order valence-electron chi connectivity index (χ1n) is 9.20. The zero-order valence-electron chi connectivity index (χ0n) is 15.6. The van der Waals surface area contributed by atoms with Crippen molar-refractivity contribution < 1.29 is 4.79 Å². The van der Waals surface area contributed by atoms with Gasteiger partial charge in [-0.1, -0.05) is 36.4 Å². The fraction of sp³-hybridized carbons (Fsp3) is 0.227. The molecule has 1 aromatic heterocycles. The van der Waals surface area contributed by atoms with Crippen molar-refractivity contribution in [2.75, 3.05) is 16.8 Å². The molecule has 0 saturated carbocycles.